The largest absolute Gasteiger partial charge is 0.434 e. The molecular weight excluding hydrogens is 308 g/mol. The topological polar surface area (TPSA) is 51.2 Å². The summed E-state index contributed by atoms with van der Waals surface area (Å²) in [7, 11) is 0. The first-order chi connectivity index (χ1) is 10.2. The molecule has 0 bridgehead atoms. The van der Waals surface area contributed by atoms with E-state index >= 15 is 0 Å². The Morgan fingerprint density at radius 3 is 3.00 bits per heavy atom. The molecule has 104 valence electrons. The molecule has 0 fully saturated rings. The van der Waals surface area contributed by atoms with Crippen LogP contribution in [0.2, 0.25) is 5.02 Å². The summed E-state index contributed by atoms with van der Waals surface area (Å²) in [5, 5.41) is 4.53. The Kier molecular flexibility index (Phi) is 2.83. The SMILES string of the molecule is O=C1OC(Nc2nc3ccc(Cl)cc3s2)c2ccccc21. The van der Waals surface area contributed by atoms with Gasteiger partial charge in [-0.25, -0.2) is 9.78 Å². The third-order valence-corrected chi connectivity index (χ3v) is 4.48. The number of ether oxygens (including phenoxy) is 1. The van der Waals surface area contributed by atoms with Crippen molar-refractivity contribution in [3.63, 3.8) is 0 Å². The predicted molar refractivity (Wildman–Crippen MR) is 82.9 cm³/mol. The zero-order valence-electron chi connectivity index (χ0n) is 10.7. The third-order valence-electron chi connectivity index (χ3n) is 3.29. The molecule has 1 N–H and O–H groups in total. The summed E-state index contributed by atoms with van der Waals surface area (Å²) in [6, 6.07) is 12.9. The van der Waals surface area contributed by atoms with Gasteiger partial charge in [-0.3, -0.25) is 0 Å². The summed E-state index contributed by atoms with van der Waals surface area (Å²) in [4.78, 5) is 16.3. The molecule has 0 radical (unpaired) electrons. The number of nitrogens with one attached hydrogen (secondary N) is 1. The molecule has 1 aliphatic rings. The zero-order chi connectivity index (χ0) is 14.4. The first kappa shape index (κ1) is 12.6. The van der Waals surface area contributed by atoms with Gasteiger partial charge in [0.05, 0.1) is 15.8 Å². The second-order valence-corrected chi connectivity index (χ2v) is 6.12. The molecule has 2 aromatic carbocycles. The van der Waals surface area contributed by atoms with Crippen LogP contribution >= 0.6 is 22.9 Å². The number of carbonyl (C=O) groups excluding carboxylic acids is 1. The minimum Gasteiger partial charge on any atom is -0.434 e. The highest BCUT2D eigenvalue weighted by Gasteiger charge is 2.30. The van der Waals surface area contributed by atoms with Crippen LogP contribution < -0.4 is 5.32 Å². The van der Waals surface area contributed by atoms with E-state index < -0.39 is 6.23 Å². The third kappa shape index (κ3) is 2.14. The molecule has 0 saturated carbocycles. The molecule has 1 aromatic heterocycles. The number of nitrogens with zero attached hydrogens (tertiary/aromatic N) is 1. The maximum Gasteiger partial charge on any atom is 0.340 e. The highest BCUT2D eigenvalue weighted by molar-refractivity contribution is 7.22. The Balaban J connectivity index is 1.68. The van der Waals surface area contributed by atoms with Gasteiger partial charge < -0.3 is 10.1 Å². The van der Waals surface area contributed by atoms with Crippen molar-refractivity contribution in [2.75, 3.05) is 5.32 Å². The van der Waals surface area contributed by atoms with E-state index in [4.69, 9.17) is 16.3 Å². The molecule has 3 aromatic rings. The summed E-state index contributed by atoms with van der Waals surface area (Å²) in [6.07, 6.45) is -0.496. The highest BCUT2D eigenvalue weighted by atomic mass is 35.5. The quantitative estimate of drug-likeness (QED) is 0.719. The van der Waals surface area contributed by atoms with Gasteiger partial charge in [-0.1, -0.05) is 41.1 Å². The lowest BCUT2D eigenvalue weighted by Crippen LogP contribution is -2.09. The van der Waals surface area contributed by atoms with Crippen molar-refractivity contribution in [1.29, 1.82) is 0 Å². The molecule has 4 nitrogen and oxygen atoms in total. The van der Waals surface area contributed by atoms with Crippen LogP contribution in [-0.2, 0) is 4.74 Å². The van der Waals surface area contributed by atoms with Crippen LogP contribution in [0.3, 0.4) is 0 Å². The van der Waals surface area contributed by atoms with Gasteiger partial charge in [-0.05, 0) is 24.3 Å². The number of fused-ring (bicyclic) bond motifs is 2. The van der Waals surface area contributed by atoms with E-state index in [2.05, 4.69) is 10.3 Å². The summed E-state index contributed by atoms with van der Waals surface area (Å²) in [5.41, 5.74) is 2.29. The molecule has 1 unspecified atom stereocenters. The average Bonchev–Trinajstić information content (AvgIpc) is 3.01. The van der Waals surface area contributed by atoms with E-state index in [1.165, 1.54) is 11.3 Å². The second kappa shape index (κ2) is 4.72. The van der Waals surface area contributed by atoms with E-state index in [1.54, 1.807) is 12.1 Å². The number of esters is 1. The molecule has 2 heterocycles. The van der Waals surface area contributed by atoms with Crippen molar-refractivity contribution in [2.45, 2.75) is 6.23 Å². The monoisotopic (exact) mass is 316 g/mol. The van der Waals surface area contributed by atoms with Crippen molar-refractivity contribution in [3.05, 3.63) is 58.6 Å². The first-order valence-corrected chi connectivity index (χ1v) is 7.53. The van der Waals surface area contributed by atoms with Crippen molar-refractivity contribution in [1.82, 2.24) is 4.98 Å². The predicted octanol–water partition coefficient (Wildman–Crippen LogP) is 4.23. The van der Waals surface area contributed by atoms with Crippen LogP contribution in [0.4, 0.5) is 5.13 Å². The Morgan fingerprint density at radius 2 is 2.10 bits per heavy atom. The summed E-state index contributed by atoms with van der Waals surface area (Å²) in [6.45, 7) is 0. The zero-order valence-corrected chi connectivity index (χ0v) is 12.2. The molecule has 0 spiro atoms. The van der Waals surface area contributed by atoms with Crippen molar-refractivity contribution in [3.8, 4) is 0 Å². The number of hydrogen-bond acceptors (Lipinski definition) is 5. The van der Waals surface area contributed by atoms with Crippen molar-refractivity contribution < 1.29 is 9.53 Å². The number of benzene rings is 2. The number of aromatic nitrogens is 1. The normalized spacial score (nSPS) is 16.8. The number of hydrogen-bond donors (Lipinski definition) is 1. The fourth-order valence-corrected chi connectivity index (χ4v) is 3.48. The summed E-state index contributed by atoms with van der Waals surface area (Å²) in [5.74, 6) is -0.313. The van der Waals surface area contributed by atoms with Gasteiger partial charge in [0.15, 0.2) is 5.13 Å². The van der Waals surface area contributed by atoms with Crippen LogP contribution in [0.5, 0.6) is 0 Å². The van der Waals surface area contributed by atoms with Crippen LogP contribution in [0.15, 0.2) is 42.5 Å². The summed E-state index contributed by atoms with van der Waals surface area (Å²) >= 11 is 7.45. The fraction of sp³-hybridized carbons (Fsp3) is 0.0667. The molecule has 0 amide bonds. The van der Waals surface area contributed by atoms with Crippen molar-refractivity contribution >= 4 is 44.3 Å². The Hall–Kier alpha value is -2.11. The maximum atomic E-state index is 11.8. The Labute approximate surface area is 129 Å². The number of halogens is 1. The van der Waals surface area contributed by atoms with Gasteiger partial charge in [0.1, 0.15) is 0 Å². The number of rotatable bonds is 2. The smallest absolute Gasteiger partial charge is 0.340 e. The number of thiazole rings is 1. The molecule has 6 heteroatoms. The molecular formula is C15H9ClN2O2S. The number of cyclic esters (lactones) is 1. The molecule has 1 atom stereocenters. The van der Waals surface area contributed by atoms with Crippen molar-refractivity contribution in [2.24, 2.45) is 0 Å². The standard InChI is InChI=1S/C15H9ClN2O2S/c16-8-5-6-11-12(7-8)21-15(17-11)18-13-9-3-1-2-4-10(9)14(19)20-13/h1-7,13H,(H,17,18). The van der Waals surface area contributed by atoms with Crippen LogP contribution in [0, 0.1) is 0 Å². The van der Waals surface area contributed by atoms with Gasteiger partial charge in [-0.2, -0.15) is 0 Å². The second-order valence-electron chi connectivity index (χ2n) is 4.65. The lowest BCUT2D eigenvalue weighted by atomic mass is 10.1. The fourth-order valence-electron chi connectivity index (χ4n) is 2.33. The lowest BCUT2D eigenvalue weighted by molar-refractivity contribution is 0.0437. The number of carbonyl (C=O) groups is 1. The van der Waals surface area contributed by atoms with Gasteiger partial charge in [0.2, 0.25) is 6.23 Å². The van der Waals surface area contributed by atoms with E-state index in [1.807, 2.05) is 30.3 Å². The molecule has 21 heavy (non-hydrogen) atoms. The minimum absolute atomic E-state index is 0.313. The number of anilines is 1. The Morgan fingerprint density at radius 1 is 1.24 bits per heavy atom. The van der Waals surface area contributed by atoms with E-state index in [9.17, 15) is 4.79 Å². The average molecular weight is 317 g/mol. The minimum atomic E-state index is -0.496. The van der Waals surface area contributed by atoms with Crippen LogP contribution in [0.1, 0.15) is 22.1 Å². The summed E-state index contributed by atoms with van der Waals surface area (Å²) < 4.78 is 6.33. The molecule has 0 saturated heterocycles. The first-order valence-electron chi connectivity index (χ1n) is 6.33. The van der Waals surface area contributed by atoms with E-state index in [-0.39, 0.29) is 5.97 Å². The van der Waals surface area contributed by atoms with Gasteiger partial charge in [-0.15, -0.1) is 0 Å². The highest BCUT2D eigenvalue weighted by Crippen LogP contribution is 2.34. The maximum absolute atomic E-state index is 11.8. The lowest BCUT2D eigenvalue weighted by Gasteiger charge is -2.11. The van der Waals surface area contributed by atoms with Gasteiger partial charge in [0, 0.05) is 10.6 Å². The molecule has 1 aliphatic heterocycles. The Bertz CT molecular complexity index is 862. The van der Waals surface area contributed by atoms with Gasteiger partial charge in [0.25, 0.3) is 0 Å². The van der Waals surface area contributed by atoms with Crippen LogP contribution in [0.25, 0.3) is 10.2 Å². The molecule has 0 aliphatic carbocycles. The molecule has 4 rings (SSSR count). The van der Waals surface area contributed by atoms with Gasteiger partial charge >= 0.3 is 5.97 Å². The van der Waals surface area contributed by atoms with E-state index in [0.29, 0.717) is 15.7 Å². The van der Waals surface area contributed by atoms with Crippen LogP contribution in [-0.4, -0.2) is 11.0 Å². The van der Waals surface area contributed by atoms with E-state index in [0.717, 1.165) is 15.8 Å².